The molecule has 4 heteroatoms. The van der Waals surface area contributed by atoms with Crippen LogP contribution in [-0.4, -0.2) is 56.2 Å². The molecule has 1 saturated heterocycles. The fraction of sp³-hybridized carbons (Fsp3) is 0.667. The molecule has 1 unspecified atom stereocenters. The van der Waals surface area contributed by atoms with Gasteiger partial charge in [0.05, 0.1) is 12.6 Å². The summed E-state index contributed by atoms with van der Waals surface area (Å²) in [6.07, 6.45) is 3.56. The maximum absolute atomic E-state index is 6.10. The number of nitrogens with zero attached hydrogens (tertiary/aromatic N) is 2. The van der Waals surface area contributed by atoms with Crippen LogP contribution in [0.5, 0.6) is 5.75 Å². The molecule has 4 nitrogen and oxygen atoms in total. The highest BCUT2D eigenvalue weighted by Gasteiger charge is 2.24. The van der Waals surface area contributed by atoms with Gasteiger partial charge in [-0.05, 0) is 19.5 Å². The Morgan fingerprint density at radius 1 is 1.14 bits per heavy atom. The Morgan fingerprint density at radius 3 is 2.55 bits per heavy atom. The molecule has 124 valence electrons. The molecule has 0 saturated carbocycles. The summed E-state index contributed by atoms with van der Waals surface area (Å²) in [5, 5.41) is 0. The third-order valence-electron chi connectivity index (χ3n) is 4.49. The van der Waals surface area contributed by atoms with Crippen molar-refractivity contribution in [2.75, 3.05) is 46.4 Å². The van der Waals surface area contributed by atoms with E-state index in [0.717, 1.165) is 45.0 Å². The number of ether oxygens (including phenoxy) is 1. The van der Waals surface area contributed by atoms with Gasteiger partial charge in [-0.15, -0.1) is 0 Å². The molecule has 1 aliphatic heterocycles. The summed E-state index contributed by atoms with van der Waals surface area (Å²) in [6.45, 7) is 8.01. The van der Waals surface area contributed by atoms with E-state index in [9.17, 15) is 0 Å². The molecule has 1 heterocycles. The minimum absolute atomic E-state index is 0.260. The standard InChI is InChI=1S/C18H31N3O/c1-3-4-7-14-22-18-9-6-5-8-16(18)17(15-19)21-12-10-20(2)11-13-21/h5-6,8-9,17H,3-4,7,10-15,19H2,1-2H3. The largest absolute Gasteiger partial charge is 0.493 e. The zero-order valence-corrected chi connectivity index (χ0v) is 14.1. The summed E-state index contributed by atoms with van der Waals surface area (Å²) in [5.41, 5.74) is 7.35. The average Bonchev–Trinajstić information content (AvgIpc) is 2.55. The van der Waals surface area contributed by atoms with Crippen LogP contribution in [0.25, 0.3) is 0 Å². The predicted molar refractivity (Wildman–Crippen MR) is 92.3 cm³/mol. The highest BCUT2D eigenvalue weighted by atomic mass is 16.5. The lowest BCUT2D eigenvalue weighted by atomic mass is 10.0. The Hall–Kier alpha value is -1.10. The quantitative estimate of drug-likeness (QED) is 0.749. The van der Waals surface area contributed by atoms with E-state index in [0.29, 0.717) is 6.54 Å². The lowest BCUT2D eigenvalue weighted by molar-refractivity contribution is 0.112. The lowest BCUT2D eigenvalue weighted by Gasteiger charge is -2.38. The molecule has 1 fully saturated rings. The predicted octanol–water partition coefficient (Wildman–Crippen LogP) is 2.50. The zero-order valence-electron chi connectivity index (χ0n) is 14.1. The second kappa shape index (κ2) is 9.13. The molecule has 1 aromatic rings. The average molecular weight is 305 g/mol. The summed E-state index contributed by atoms with van der Waals surface area (Å²) in [4.78, 5) is 4.87. The Kier molecular flexibility index (Phi) is 7.16. The summed E-state index contributed by atoms with van der Waals surface area (Å²) < 4.78 is 6.04. The minimum Gasteiger partial charge on any atom is -0.493 e. The Labute approximate surface area is 135 Å². The second-order valence-electron chi connectivity index (χ2n) is 6.18. The van der Waals surface area contributed by atoms with Crippen molar-refractivity contribution < 1.29 is 4.74 Å². The van der Waals surface area contributed by atoms with Crippen LogP contribution in [-0.2, 0) is 0 Å². The third-order valence-corrected chi connectivity index (χ3v) is 4.49. The maximum Gasteiger partial charge on any atom is 0.124 e. The van der Waals surface area contributed by atoms with E-state index in [1.54, 1.807) is 0 Å². The van der Waals surface area contributed by atoms with Gasteiger partial charge in [0.1, 0.15) is 5.75 Å². The molecule has 0 bridgehead atoms. The van der Waals surface area contributed by atoms with E-state index in [-0.39, 0.29) is 6.04 Å². The topological polar surface area (TPSA) is 41.7 Å². The van der Waals surface area contributed by atoms with Crippen molar-refractivity contribution in [1.82, 2.24) is 9.80 Å². The molecule has 0 aromatic heterocycles. The van der Waals surface area contributed by atoms with Gasteiger partial charge in [0, 0.05) is 38.3 Å². The van der Waals surface area contributed by atoms with E-state index in [2.05, 4.69) is 48.0 Å². The highest BCUT2D eigenvalue weighted by molar-refractivity contribution is 5.36. The first-order valence-electron chi connectivity index (χ1n) is 8.60. The van der Waals surface area contributed by atoms with E-state index in [1.807, 2.05) is 0 Å². The Balaban J connectivity index is 2.04. The SMILES string of the molecule is CCCCCOc1ccccc1C(CN)N1CCN(C)CC1. The van der Waals surface area contributed by atoms with Crippen LogP contribution < -0.4 is 10.5 Å². The zero-order chi connectivity index (χ0) is 15.8. The first-order valence-corrected chi connectivity index (χ1v) is 8.60. The van der Waals surface area contributed by atoms with Crippen molar-refractivity contribution in [3.05, 3.63) is 29.8 Å². The fourth-order valence-electron chi connectivity index (χ4n) is 3.03. The fourth-order valence-corrected chi connectivity index (χ4v) is 3.03. The van der Waals surface area contributed by atoms with Crippen LogP contribution in [0.15, 0.2) is 24.3 Å². The van der Waals surface area contributed by atoms with Gasteiger partial charge in [-0.25, -0.2) is 0 Å². The number of benzene rings is 1. The van der Waals surface area contributed by atoms with Gasteiger partial charge >= 0.3 is 0 Å². The van der Waals surface area contributed by atoms with Gasteiger partial charge < -0.3 is 15.4 Å². The molecule has 22 heavy (non-hydrogen) atoms. The Morgan fingerprint density at radius 2 is 1.86 bits per heavy atom. The van der Waals surface area contributed by atoms with Crippen LogP contribution in [0, 0.1) is 0 Å². The smallest absolute Gasteiger partial charge is 0.124 e. The van der Waals surface area contributed by atoms with E-state index < -0.39 is 0 Å². The third kappa shape index (κ3) is 4.70. The van der Waals surface area contributed by atoms with Crippen molar-refractivity contribution in [3.63, 3.8) is 0 Å². The first-order chi connectivity index (χ1) is 10.8. The van der Waals surface area contributed by atoms with Crippen LogP contribution in [0.1, 0.15) is 37.8 Å². The van der Waals surface area contributed by atoms with Crippen molar-refractivity contribution in [2.24, 2.45) is 5.73 Å². The van der Waals surface area contributed by atoms with Gasteiger partial charge in [-0.1, -0.05) is 38.0 Å². The molecule has 0 aliphatic carbocycles. The van der Waals surface area contributed by atoms with Gasteiger partial charge in [0.15, 0.2) is 0 Å². The van der Waals surface area contributed by atoms with E-state index in [1.165, 1.54) is 18.4 Å². The number of unbranched alkanes of at least 4 members (excludes halogenated alkanes) is 2. The van der Waals surface area contributed by atoms with Crippen LogP contribution in [0.4, 0.5) is 0 Å². The summed E-state index contributed by atoms with van der Waals surface area (Å²) in [6, 6.07) is 8.66. The number of para-hydroxylation sites is 1. The van der Waals surface area contributed by atoms with Gasteiger partial charge in [-0.3, -0.25) is 4.90 Å². The normalized spacial score (nSPS) is 18.3. The van der Waals surface area contributed by atoms with Gasteiger partial charge in [0.25, 0.3) is 0 Å². The molecule has 0 radical (unpaired) electrons. The van der Waals surface area contributed by atoms with Gasteiger partial charge in [-0.2, -0.15) is 0 Å². The molecule has 0 amide bonds. The lowest BCUT2D eigenvalue weighted by Crippen LogP contribution is -2.47. The minimum atomic E-state index is 0.260. The molecule has 0 spiro atoms. The molecular formula is C18H31N3O. The maximum atomic E-state index is 6.10. The number of likely N-dealkylation sites (N-methyl/N-ethyl adjacent to an activating group) is 1. The molecule has 2 N–H and O–H groups in total. The highest BCUT2D eigenvalue weighted by Crippen LogP contribution is 2.29. The monoisotopic (exact) mass is 305 g/mol. The first kappa shape index (κ1) is 17.3. The molecular weight excluding hydrogens is 274 g/mol. The van der Waals surface area contributed by atoms with Gasteiger partial charge in [0.2, 0.25) is 0 Å². The molecule has 1 aliphatic rings. The van der Waals surface area contributed by atoms with Crippen molar-refractivity contribution >= 4 is 0 Å². The van der Waals surface area contributed by atoms with Crippen molar-refractivity contribution in [2.45, 2.75) is 32.2 Å². The van der Waals surface area contributed by atoms with Crippen LogP contribution in [0.2, 0.25) is 0 Å². The summed E-state index contributed by atoms with van der Waals surface area (Å²) in [5.74, 6) is 1.01. The number of nitrogens with two attached hydrogens (primary N) is 1. The van der Waals surface area contributed by atoms with Crippen molar-refractivity contribution in [1.29, 1.82) is 0 Å². The second-order valence-corrected chi connectivity index (χ2v) is 6.18. The number of rotatable bonds is 8. The Bertz CT molecular complexity index is 430. The number of piperazine rings is 1. The van der Waals surface area contributed by atoms with Crippen LogP contribution >= 0.6 is 0 Å². The van der Waals surface area contributed by atoms with Crippen LogP contribution in [0.3, 0.4) is 0 Å². The number of hydrogen-bond donors (Lipinski definition) is 1. The van der Waals surface area contributed by atoms with E-state index in [4.69, 9.17) is 10.5 Å². The number of hydrogen-bond acceptors (Lipinski definition) is 4. The van der Waals surface area contributed by atoms with Crippen molar-refractivity contribution in [3.8, 4) is 5.75 Å². The van der Waals surface area contributed by atoms with E-state index >= 15 is 0 Å². The summed E-state index contributed by atoms with van der Waals surface area (Å²) >= 11 is 0. The molecule has 2 rings (SSSR count). The molecule has 1 atom stereocenters. The summed E-state index contributed by atoms with van der Waals surface area (Å²) in [7, 11) is 2.18. The molecule has 1 aromatic carbocycles.